The first kappa shape index (κ1) is 6.90. The first-order valence-corrected chi connectivity index (χ1v) is 4.89. The Hall–Kier alpha value is -0.560. The van der Waals surface area contributed by atoms with E-state index in [1.807, 2.05) is 0 Å². The van der Waals surface area contributed by atoms with Gasteiger partial charge in [0.2, 0.25) is 0 Å². The van der Waals surface area contributed by atoms with Crippen molar-refractivity contribution in [2.24, 2.45) is 23.7 Å². The van der Waals surface area contributed by atoms with Crippen LogP contribution in [0.25, 0.3) is 0 Å². The normalized spacial score (nSPS) is 54.6. The monoisotopic (exact) mass is 162 g/mol. The van der Waals surface area contributed by atoms with Crippen LogP contribution in [0.3, 0.4) is 0 Å². The molecule has 1 heteroatoms. The van der Waals surface area contributed by atoms with E-state index in [1.165, 1.54) is 6.42 Å². The van der Waals surface area contributed by atoms with Crippen molar-refractivity contribution in [2.75, 3.05) is 0 Å². The maximum Gasteiger partial charge on any atom is 0.0614 e. The molecule has 3 rings (SSSR count). The summed E-state index contributed by atoms with van der Waals surface area (Å²) in [5.41, 5.74) is 0. The molecule has 0 saturated heterocycles. The van der Waals surface area contributed by atoms with Gasteiger partial charge < -0.3 is 5.11 Å². The van der Waals surface area contributed by atoms with E-state index in [1.54, 1.807) is 0 Å². The maximum atomic E-state index is 9.82. The average molecular weight is 162 g/mol. The predicted octanol–water partition coefficient (Wildman–Crippen LogP) is 1.75. The molecule has 3 aliphatic carbocycles. The zero-order chi connectivity index (χ0) is 8.13. The molecular formula is C11H14O. The summed E-state index contributed by atoms with van der Waals surface area (Å²) in [5.74, 6) is 2.62. The SMILES string of the molecule is OC1CC=CC2C3C=CC(C3)C12. The lowest BCUT2D eigenvalue weighted by Crippen LogP contribution is -2.32. The molecule has 1 fully saturated rings. The molecular weight excluding hydrogens is 148 g/mol. The quantitative estimate of drug-likeness (QED) is 0.538. The van der Waals surface area contributed by atoms with Gasteiger partial charge in [-0.2, -0.15) is 0 Å². The molecule has 0 spiro atoms. The third-order valence-electron chi connectivity index (χ3n) is 3.76. The lowest BCUT2D eigenvalue weighted by atomic mass is 9.75. The lowest BCUT2D eigenvalue weighted by Gasteiger charge is -2.32. The number of hydrogen-bond donors (Lipinski definition) is 1. The molecule has 1 saturated carbocycles. The van der Waals surface area contributed by atoms with E-state index in [2.05, 4.69) is 24.3 Å². The van der Waals surface area contributed by atoms with E-state index in [0.29, 0.717) is 17.8 Å². The highest BCUT2D eigenvalue weighted by Crippen LogP contribution is 2.51. The summed E-state index contributed by atoms with van der Waals surface area (Å²) in [6.07, 6.45) is 11.2. The van der Waals surface area contributed by atoms with Gasteiger partial charge in [-0.05, 0) is 36.5 Å². The Morgan fingerprint density at radius 1 is 1.08 bits per heavy atom. The van der Waals surface area contributed by atoms with Crippen molar-refractivity contribution in [1.82, 2.24) is 0 Å². The Morgan fingerprint density at radius 2 is 1.92 bits per heavy atom. The largest absolute Gasteiger partial charge is 0.392 e. The molecule has 3 aliphatic rings. The molecule has 2 bridgehead atoms. The second-order valence-corrected chi connectivity index (χ2v) is 4.33. The minimum absolute atomic E-state index is 0.0695. The van der Waals surface area contributed by atoms with E-state index in [4.69, 9.17) is 0 Å². The first-order chi connectivity index (χ1) is 5.86. The Labute approximate surface area is 72.8 Å². The van der Waals surface area contributed by atoms with Gasteiger partial charge in [0.05, 0.1) is 6.10 Å². The summed E-state index contributed by atoms with van der Waals surface area (Å²) in [7, 11) is 0. The van der Waals surface area contributed by atoms with Crippen LogP contribution in [0.2, 0.25) is 0 Å². The molecule has 0 aromatic carbocycles. The van der Waals surface area contributed by atoms with Crippen molar-refractivity contribution in [3.8, 4) is 0 Å². The fourth-order valence-corrected chi connectivity index (χ4v) is 3.24. The van der Waals surface area contributed by atoms with E-state index in [0.717, 1.165) is 12.3 Å². The number of rotatable bonds is 0. The molecule has 0 radical (unpaired) electrons. The predicted molar refractivity (Wildman–Crippen MR) is 47.5 cm³/mol. The van der Waals surface area contributed by atoms with Crippen LogP contribution >= 0.6 is 0 Å². The van der Waals surface area contributed by atoms with Gasteiger partial charge in [-0.25, -0.2) is 0 Å². The second kappa shape index (κ2) is 2.23. The van der Waals surface area contributed by atoms with Crippen LogP contribution in [0.1, 0.15) is 12.8 Å². The van der Waals surface area contributed by atoms with Crippen LogP contribution in [0.15, 0.2) is 24.3 Å². The summed E-state index contributed by atoms with van der Waals surface area (Å²) >= 11 is 0. The molecule has 12 heavy (non-hydrogen) atoms. The maximum absolute atomic E-state index is 9.82. The number of fused-ring (bicyclic) bond motifs is 5. The van der Waals surface area contributed by atoms with Crippen LogP contribution in [0, 0.1) is 23.7 Å². The molecule has 0 amide bonds. The summed E-state index contributed by atoms with van der Waals surface area (Å²) in [6, 6.07) is 0. The van der Waals surface area contributed by atoms with E-state index < -0.39 is 0 Å². The summed E-state index contributed by atoms with van der Waals surface area (Å²) < 4.78 is 0. The summed E-state index contributed by atoms with van der Waals surface area (Å²) in [5, 5.41) is 9.82. The lowest BCUT2D eigenvalue weighted by molar-refractivity contribution is 0.0715. The van der Waals surface area contributed by atoms with Crippen molar-refractivity contribution in [3.05, 3.63) is 24.3 Å². The minimum Gasteiger partial charge on any atom is -0.392 e. The fraction of sp³-hybridized carbons (Fsp3) is 0.636. The molecule has 5 unspecified atom stereocenters. The van der Waals surface area contributed by atoms with Crippen LogP contribution in [0.4, 0.5) is 0 Å². The van der Waals surface area contributed by atoms with E-state index in [9.17, 15) is 5.11 Å². The van der Waals surface area contributed by atoms with Crippen molar-refractivity contribution < 1.29 is 5.11 Å². The summed E-state index contributed by atoms with van der Waals surface area (Å²) in [6.45, 7) is 0. The summed E-state index contributed by atoms with van der Waals surface area (Å²) in [4.78, 5) is 0. The average Bonchev–Trinajstić information content (AvgIpc) is 2.64. The van der Waals surface area contributed by atoms with Crippen LogP contribution < -0.4 is 0 Å². The third kappa shape index (κ3) is 0.726. The molecule has 0 aromatic rings. The molecule has 1 nitrogen and oxygen atoms in total. The van der Waals surface area contributed by atoms with Crippen LogP contribution in [-0.2, 0) is 0 Å². The molecule has 64 valence electrons. The van der Waals surface area contributed by atoms with Crippen molar-refractivity contribution in [1.29, 1.82) is 0 Å². The van der Waals surface area contributed by atoms with Gasteiger partial charge in [0.15, 0.2) is 0 Å². The van der Waals surface area contributed by atoms with Gasteiger partial charge in [0, 0.05) is 0 Å². The van der Waals surface area contributed by atoms with E-state index in [-0.39, 0.29) is 6.10 Å². The minimum atomic E-state index is -0.0695. The van der Waals surface area contributed by atoms with E-state index >= 15 is 0 Å². The van der Waals surface area contributed by atoms with Gasteiger partial charge in [-0.15, -0.1) is 0 Å². The Kier molecular flexibility index (Phi) is 1.28. The van der Waals surface area contributed by atoms with Crippen LogP contribution in [-0.4, -0.2) is 11.2 Å². The molecule has 1 N–H and O–H groups in total. The Bertz CT molecular complexity index is 254. The zero-order valence-electron chi connectivity index (χ0n) is 7.06. The highest BCUT2D eigenvalue weighted by atomic mass is 16.3. The first-order valence-electron chi connectivity index (χ1n) is 4.89. The van der Waals surface area contributed by atoms with Crippen molar-refractivity contribution in [2.45, 2.75) is 18.9 Å². The van der Waals surface area contributed by atoms with Gasteiger partial charge in [-0.1, -0.05) is 24.3 Å². The van der Waals surface area contributed by atoms with Crippen molar-refractivity contribution >= 4 is 0 Å². The Morgan fingerprint density at radius 3 is 2.75 bits per heavy atom. The smallest absolute Gasteiger partial charge is 0.0614 e. The highest BCUT2D eigenvalue weighted by Gasteiger charge is 2.47. The topological polar surface area (TPSA) is 20.2 Å². The van der Waals surface area contributed by atoms with Gasteiger partial charge in [-0.3, -0.25) is 0 Å². The molecule has 0 heterocycles. The second-order valence-electron chi connectivity index (χ2n) is 4.33. The fourth-order valence-electron chi connectivity index (χ4n) is 3.24. The van der Waals surface area contributed by atoms with Gasteiger partial charge in [0.1, 0.15) is 0 Å². The molecule has 0 aromatic heterocycles. The van der Waals surface area contributed by atoms with Crippen molar-refractivity contribution in [3.63, 3.8) is 0 Å². The standard InChI is InChI=1S/C11H14O/c12-10-3-1-2-9-7-4-5-8(6-7)11(9)10/h1-2,4-5,7-12H,3,6H2. The zero-order valence-corrected chi connectivity index (χ0v) is 7.06. The van der Waals surface area contributed by atoms with Gasteiger partial charge in [0.25, 0.3) is 0 Å². The van der Waals surface area contributed by atoms with Gasteiger partial charge >= 0.3 is 0 Å². The molecule has 0 aliphatic heterocycles. The Balaban J connectivity index is 1.99. The number of allylic oxidation sites excluding steroid dienone is 3. The van der Waals surface area contributed by atoms with Crippen LogP contribution in [0.5, 0.6) is 0 Å². The number of hydrogen-bond acceptors (Lipinski definition) is 1. The number of aliphatic hydroxyl groups excluding tert-OH is 1. The number of aliphatic hydroxyl groups is 1. The molecule has 5 atom stereocenters. The highest BCUT2D eigenvalue weighted by molar-refractivity contribution is 5.21. The third-order valence-corrected chi connectivity index (χ3v) is 3.76.